The van der Waals surface area contributed by atoms with Crippen LogP contribution in [0, 0.1) is 0 Å². The number of hydrogen-bond acceptors (Lipinski definition) is 3. The molecule has 2 fully saturated rings. The van der Waals surface area contributed by atoms with Crippen LogP contribution in [-0.2, 0) is 6.54 Å². The zero-order valence-corrected chi connectivity index (χ0v) is 14.2. The molecule has 2 aliphatic rings. The van der Waals surface area contributed by atoms with Gasteiger partial charge in [0, 0.05) is 45.3 Å². The van der Waals surface area contributed by atoms with E-state index >= 15 is 0 Å². The molecule has 23 heavy (non-hydrogen) atoms. The molecule has 2 heterocycles. The molecule has 3 rings (SSSR count). The number of rotatable bonds is 6. The second-order valence-corrected chi connectivity index (χ2v) is 6.91. The molecular weight excluding hydrogens is 289 g/mol. The van der Waals surface area contributed by atoms with Crippen LogP contribution in [0.15, 0.2) is 30.3 Å². The van der Waals surface area contributed by atoms with Gasteiger partial charge in [0.2, 0.25) is 0 Å². The van der Waals surface area contributed by atoms with Gasteiger partial charge >= 0.3 is 0 Å². The third kappa shape index (κ3) is 5.00. The minimum Gasteiger partial charge on any atom is -0.303 e. The number of alkyl halides is 1. The maximum Gasteiger partial charge on any atom is 0.0906 e. The van der Waals surface area contributed by atoms with Crippen molar-refractivity contribution in [2.24, 2.45) is 0 Å². The molecule has 1 aromatic rings. The van der Waals surface area contributed by atoms with Crippen LogP contribution in [-0.4, -0.2) is 73.2 Å². The number of likely N-dealkylation sites (tertiary alicyclic amines) is 1. The van der Waals surface area contributed by atoms with E-state index < -0.39 is 0 Å². The van der Waals surface area contributed by atoms with Crippen LogP contribution in [0.25, 0.3) is 0 Å². The van der Waals surface area contributed by atoms with Gasteiger partial charge in [-0.1, -0.05) is 30.3 Å². The van der Waals surface area contributed by atoms with Crippen LogP contribution in [0.1, 0.15) is 24.8 Å². The number of piperidine rings is 1. The normalized spacial score (nSPS) is 22.5. The summed E-state index contributed by atoms with van der Waals surface area (Å²) < 4.78 is 12.3. The molecule has 128 valence electrons. The minimum absolute atomic E-state index is 0.177. The predicted molar refractivity (Wildman–Crippen MR) is 93.3 cm³/mol. The molecule has 0 bridgehead atoms. The number of piperazine rings is 1. The molecule has 2 aliphatic heterocycles. The van der Waals surface area contributed by atoms with Crippen LogP contribution in [0.5, 0.6) is 0 Å². The summed E-state index contributed by atoms with van der Waals surface area (Å²) in [4.78, 5) is 7.69. The first-order chi connectivity index (χ1) is 11.3. The first-order valence-corrected chi connectivity index (χ1v) is 9.14. The largest absolute Gasteiger partial charge is 0.303 e. The van der Waals surface area contributed by atoms with Crippen molar-refractivity contribution in [2.45, 2.75) is 31.8 Å². The van der Waals surface area contributed by atoms with Crippen LogP contribution in [0.4, 0.5) is 4.39 Å². The fourth-order valence-electron chi connectivity index (χ4n) is 3.92. The molecule has 4 heteroatoms. The first-order valence-electron chi connectivity index (χ1n) is 9.14. The molecule has 0 radical (unpaired) electrons. The molecule has 0 amide bonds. The maximum absolute atomic E-state index is 12.3. The molecule has 0 atom stereocenters. The Morgan fingerprint density at radius 2 is 1.57 bits per heavy atom. The Kier molecular flexibility index (Phi) is 6.43. The third-order valence-corrected chi connectivity index (χ3v) is 5.34. The smallest absolute Gasteiger partial charge is 0.0906 e. The quantitative estimate of drug-likeness (QED) is 0.798. The lowest BCUT2D eigenvalue weighted by Crippen LogP contribution is -2.53. The Bertz CT molecular complexity index is 437. The maximum atomic E-state index is 12.3. The zero-order valence-electron chi connectivity index (χ0n) is 14.2. The van der Waals surface area contributed by atoms with Crippen LogP contribution in [0.3, 0.4) is 0 Å². The molecular formula is C19H30FN3. The molecule has 0 aliphatic carbocycles. The molecule has 0 unspecified atom stereocenters. The van der Waals surface area contributed by atoms with E-state index in [4.69, 9.17) is 0 Å². The van der Waals surface area contributed by atoms with Crippen LogP contribution < -0.4 is 0 Å². The molecule has 1 aromatic carbocycles. The zero-order chi connectivity index (χ0) is 15.9. The highest BCUT2D eigenvalue weighted by Crippen LogP contribution is 2.19. The van der Waals surface area contributed by atoms with Crippen molar-refractivity contribution < 1.29 is 4.39 Å². The summed E-state index contributed by atoms with van der Waals surface area (Å²) in [5, 5.41) is 0. The van der Waals surface area contributed by atoms with Gasteiger partial charge in [-0.3, -0.25) is 14.2 Å². The van der Waals surface area contributed by atoms with E-state index in [1.54, 1.807) is 0 Å². The molecule has 0 aromatic heterocycles. The Balaban J connectivity index is 1.38. The lowest BCUT2D eigenvalue weighted by atomic mass is 10.0. The lowest BCUT2D eigenvalue weighted by Gasteiger charge is -2.42. The van der Waals surface area contributed by atoms with Crippen LogP contribution in [0.2, 0.25) is 0 Å². The number of halogens is 1. The van der Waals surface area contributed by atoms with Gasteiger partial charge in [0.25, 0.3) is 0 Å². The fraction of sp³-hybridized carbons (Fsp3) is 0.684. The summed E-state index contributed by atoms with van der Waals surface area (Å²) in [5.41, 5.74) is 1.42. The second-order valence-electron chi connectivity index (χ2n) is 6.91. The number of nitrogens with zero attached hydrogens (tertiary/aromatic N) is 3. The highest BCUT2D eigenvalue weighted by atomic mass is 19.1. The van der Waals surface area contributed by atoms with E-state index in [1.165, 1.54) is 44.6 Å². The summed E-state index contributed by atoms with van der Waals surface area (Å²) in [6, 6.07) is 11.5. The van der Waals surface area contributed by atoms with Crippen molar-refractivity contribution in [1.82, 2.24) is 14.7 Å². The van der Waals surface area contributed by atoms with E-state index in [0.29, 0.717) is 6.42 Å². The monoisotopic (exact) mass is 319 g/mol. The Morgan fingerprint density at radius 3 is 2.22 bits per heavy atom. The first kappa shape index (κ1) is 16.9. The second kappa shape index (κ2) is 8.76. The van der Waals surface area contributed by atoms with Gasteiger partial charge in [-0.15, -0.1) is 0 Å². The Hall–Kier alpha value is -0.970. The van der Waals surface area contributed by atoms with Crippen molar-refractivity contribution in [3.63, 3.8) is 0 Å². The van der Waals surface area contributed by atoms with E-state index in [2.05, 4.69) is 45.0 Å². The van der Waals surface area contributed by atoms with Crippen molar-refractivity contribution in [3.8, 4) is 0 Å². The predicted octanol–water partition coefficient (Wildman–Crippen LogP) is 2.63. The van der Waals surface area contributed by atoms with Gasteiger partial charge in [0.05, 0.1) is 6.67 Å². The summed E-state index contributed by atoms with van der Waals surface area (Å²) in [6.07, 6.45) is 3.21. The van der Waals surface area contributed by atoms with E-state index in [1.807, 2.05) is 0 Å². The van der Waals surface area contributed by atoms with Crippen molar-refractivity contribution in [1.29, 1.82) is 0 Å². The summed E-state index contributed by atoms with van der Waals surface area (Å²) >= 11 is 0. The fourth-order valence-corrected chi connectivity index (χ4v) is 3.92. The summed E-state index contributed by atoms with van der Waals surface area (Å²) in [7, 11) is 0. The standard InChI is InChI=1S/C19H30FN3/c20-9-4-10-21-11-7-19(8-12-21)23-15-13-22(14-16-23)17-18-5-2-1-3-6-18/h1-3,5-6,19H,4,7-17H2. The van der Waals surface area contributed by atoms with Gasteiger partial charge in [-0.25, -0.2) is 0 Å². The highest BCUT2D eigenvalue weighted by molar-refractivity contribution is 5.14. The van der Waals surface area contributed by atoms with Crippen molar-refractivity contribution in [2.75, 3.05) is 52.5 Å². The number of hydrogen-bond donors (Lipinski definition) is 0. The SMILES string of the molecule is FCCCN1CCC(N2CCN(Cc3ccccc3)CC2)CC1. The third-order valence-electron chi connectivity index (χ3n) is 5.34. The van der Waals surface area contributed by atoms with Gasteiger partial charge in [-0.05, 0) is 37.9 Å². The molecule has 0 N–H and O–H groups in total. The molecule has 2 saturated heterocycles. The molecule has 0 saturated carbocycles. The van der Waals surface area contributed by atoms with Gasteiger partial charge in [-0.2, -0.15) is 0 Å². The Labute approximate surface area is 140 Å². The summed E-state index contributed by atoms with van der Waals surface area (Å²) in [6.45, 7) is 8.88. The summed E-state index contributed by atoms with van der Waals surface area (Å²) in [5.74, 6) is 0. The van der Waals surface area contributed by atoms with E-state index in [-0.39, 0.29) is 6.67 Å². The average Bonchev–Trinajstić information content (AvgIpc) is 2.62. The average molecular weight is 319 g/mol. The van der Waals surface area contributed by atoms with E-state index in [0.717, 1.165) is 32.2 Å². The number of benzene rings is 1. The van der Waals surface area contributed by atoms with Gasteiger partial charge < -0.3 is 4.90 Å². The van der Waals surface area contributed by atoms with Crippen molar-refractivity contribution in [3.05, 3.63) is 35.9 Å². The minimum atomic E-state index is -0.177. The Morgan fingerprint density at radius 1 is 0.870 bits per heavy atom. The van der Waals surface area contributed by atoms with E-state index in [9.17, 15) is 4.39 Å². The van der Waals surface area contributed by atoms with Gasteiger partial charge in [0.15, 0.2) is 0 Å². The molecule has 3 nitrogen and oxygen atoms in total. The topological polar surface area (TPSA) is 9.72 Å². The lowest BCUT2D eigenvalue weighted by molar-refractivity contribution is 0.0561. The van der Waals surface area contributed by atoms with Crippen molar-refractivity contribution >= 4 is 0 Å². The molecule has 0 spiro atoms. The van der Waals surface area contributed by atoms with Crippen LogP contribution >= 0.6 is 0 Å². The highest BCUT2D eigenvalue weighted by Gasteiger charge is 2.27. The van der Waals surface area contributed by atoms with Gasteiger partial charge in [0.1, 0.15) is 0 Å².